The summed E-state index contributed by atoms with van der Waals surface area (Å²) in [6.07, 6.45) is 4.93. The van der Waals surface area contributed by atoms with Crippen molar-refractivity contribution in [3.05, 3.63) is 0 Å². The van der Waals surface area contributed by atoms with E-state index in [0.29, 0.717) is 5.38 Å². The van der Waals surface area contributed by atoms with Crippen molar-refractivity contribution in [2.24, 2.45) is 0 Å². The first-order valence-corrected chi connectivity index (χ1v) is 6.87. The molecule has 0 atom stereocenters. The van der Waals surface area contributed by atoms with Crippen LogP contribution in [0.4, 0.5) is 0 Å². The molecule has 0 aliphatic heterocycles. The first-order valence-electron chi connectivity index (χ1n) is 5.28. The molecule has 1 rings (SSSR count). The van der Waals surface area contributed by atoms with Crippen LogP contribution in [0.2, 0.25) is 0 Å². The highest BCUT2D eigenvalue weighted by atomic mass is 35.5. The molecule has 0 aromatic heterocycles. The summed E-state index contributed by atoms with van der Waals surface area (Å²) in [5.41, 5.74) is 0. The van der Waals surface area contributed by atoms with Gasteiger partial charge in [-0.05, 0) is 31.4 Å². The smallest absolute Gasteiger partial charge is 0.0337 e. The molecule has 1 fully saturated rings. The molecule has 0 heterocycles. The van der Waals surface area contributed by atoms with Gasteiger partial charge in [0.05, 0.1) is 0 Å². The van der Waals surface area contributed by atoms with Crippen molar-refractivity contribution in [2.45, 2.75) is 44.0 Å². The Kier molecular flexibility index (Phi) is 6.26. The molecule has 1 aliphatic rings. The van der Waals surface area contributed by atoms with Crippen LogP contribution in [0.15, 0.2) is 0 Å². The molecule has 0 saturated heterocycles. The number of hydrogen-bond donors (Lipinski definition) is 1. The van der Waals surface area contributed by atoms with Crippen LogP contribution < -0.4 is 5.32 Å². The van der Waals surface area contributed by atoms with Crippen LogP contribution in [0.3, 0.4) is 0 Å². The molecular formula is C10H20ClNS. The van der Waals surface area contributed by atoms with Crippen LogP contribution >= 0.6 is 23.4 Å². The third-order valence-corrected chi connectivity index (χ3v) is 3.88. The molecule has 3 heteroatoms. The third kappa shape index (κ3) is 5.14. The van der Waals surface area contributed by atoms with Crippen LogP contribution in [0.5, 0.6) is 0 Å². The van der Waals surface area contributed by atoms with E-state index in [2.05, 4.69) is 12.2 Å². The molecule has 78 valence electrons. The zero-order chi connectivity index (χ0) is 9.52. The lowest BCUT2D eigenvalue weighted by Crippen LogP contribution is -2.34. The zero-order valence-electron chi connectivity index (χ0n) is 8.39. The molecule has 0 radical (unpaired) electrons. The number of thioether (sulfide) groups is 1. The fourth-order valence-electron chi connectivity index (χ4n) is 1.74. The summed E-state index contributed by atoms with van der Waals surface area (Å²) in [5.74, 6) is 2.48. The van der Waals surface area contributed by atoms with Gasteiger partial charge in [-0.3, -0.25) is 0 Å². The van der Waals surface area contributed by atoms with Gasteiger partial charge in [0.1, 0.15) is 0 Å². The summed E-state index contributed by atoms with van der Waals surface area (Å²) in [6, 6.07) is 0.743. The molecule has 13 heavy (non-hydrogen) atoms. The lowest BCUT2D eigenvalue weighted by Gasteiger charge is -2.25. The predicted octanol–water partition coefficient (Wildman–Crippen LogP) is 2.88. The highest BCUT2D eigenvalue weighted by molar-refractivity contribution is 7.99. The summed E-state index contributed by atoms with van der Waals surface area (Å²) in [4.78, 5) is 0. The van der Waals surface area contributed by atoms with Gasteiger partial charge in [0, 0.05) is 23.7 Å². The predicted molar refractivity (Wildman–Crippen MR) is 62.9 cm³/mol. The van der Waals surface area contributed by atoms with Crippen molar-refractivity contribution >= 4 is 23.4 Å². The Morgan fingerprint density at radius 3 is 2.62 bits per heavy atom. The van der Waals surface area contributed by atoms with E-state index in [4.69, 9.17) is 11.6 Å². The van der Waals surface area contributed by atoms with Crippen molar-refractivity contribution in [1.29, 1.82) is 0 Å². The third-order valence-electron chi connectivity index (χ3n) is 2.54. The quantitative estimate of drug-likeness (QED) is 0.566. The normalized spacial score (nSPS) is 29.1. The van der Waals surface area contributed by atoms with E-state index in [9.17, 15) is 0 Å². The SMILES string of the molecule is CCSCCNC1CCC(Cl)CC1. The van der Waals surface area contributed by atoms with E-state index < -0.39 is 0 Å². The molecule has 0 spiro atoms. The first kappa shape index (κ1) is 11.7. The minimum atomic E-state index is 0.447. The Balaban J connectivity index is 1.96. The topological polar surface area (TPSA) is 12.0 Å². The van der Waals surface area contributed by atoms with Gasteiger partial charge in [0.15, 0.2) is 0 Å². The van der Waals surface area contributed by atoms with Crippen LogP contribution in [-0.4, -0.2) is 29.5 Å². The van der Waals surface area contributed by atoms with E-state index in [1.807, 2.05) is 11.8 Å². The number of halogens is 1. The van der Waals surface area contributed by atoms with Gasteiger partial charge in [-0.15, -0.1) is 11.6 Å². The minimum absolute atomic E-state index is 0.447. The van der Waals surface area contributed by atoms with Crippen LogP contribution in [-0.2, 0) is 0 Å². The van der Waals surface area contributed by atoms with E-state index in [1.54, 1.807) is 0 Å². The van der Waals surface area contributed by atoms with Gasteiger partial charge in [0.2, 0.25) is 0 Å². The molecule has 0 amide bonds. The molecule has 1 saturated carbocycles. The number of alkyl halides is 1. The highest BCUT2D eigenvalue weighted by Gasteiger charge is 2.18. The monoisotopic (exact) mass is 221 g/mol. The Bertz CT molecular complexity index is 124. The Hall–Kier alpha value is 0.600. The van der Waals surface area contributed by atoms with Crippen molar-refractivity contribution in [1.82, 2.24) is 5.32 Å². The van der Waals surface area contributed by atoms with E-state index in [1.165, 1.54) is 37.2 Å². The summed E-state index contributed by atoms with van der Waals surface area (Å²) in [5, 5.41) is 4.04. The summed E-state index contributed by atoms with van der Waals surface area (Å²) < 4.78 is 0. The van der Waals surface area contributed by atoms with Crippen molar-refractivity contribution in [2.75, 3.05) is 18.1 Å². The summed E-state index contributed by atoms with van der Waals surface area (Å²) >= 11 is 8.04. The molecule has 0 bridgehead atoms. The maximum absolute atomic E-state index is 6.03. The second-order valence-electron chi connectivity index (χ2n) is 3.60. The van der Waals surface area contributed by atoms with E-state index in [-0.39, 0.29) is 0 Å². The van der Waals surface area contributed by atoms with E-state index >= 15 is 0 Å². The molecule has 0 aromatic rings. The summed E-state index contributed by atoms with van der Waals surface area (Å²) in [6.45, 7) is 3.37. The maximum Gasteiger partial charge on any atom is 0.0337 e. The lowest BCUT2D eigenvalue weighted by atomic mass is 9.95. The molecule has 0 aromatic carbocycles. The van der Waals surface area contributed by atoms with Crippen LogP contribution in [0.25, 0.3) is 0 Å². The second-order valence-corrected chi connectivity index (χ2v) is 5.61. The van der Waals surface area contributed by atoms with Gasteiger partial charge in [-0.1, -0.05) is 6.92 Å². The number of rotatable bonds is 5. The van der Waals surface area contributed by atoms with Crippen molar-refractivity contribution < 1.29 is 0 Å². The standard InChI is InChI=1S/C10H20ClNS/c1-2-13-8-7-12-10-5-3-9(11)4-6-10/h9-10,12H,2-8H2,1H3. The van der Waals surface area contributed by atoms with E-state index in [0.717, 1.165) is 12.6 Å². The average Bonchev–Trinajstić information content (AvgIpc) is 2.15. The maximum atomic E-state index is 6.03. The minimum Gasteiger partial charge on any atom is -0.313 e. The number of nitrogens with one attached hydrogen (secondary N) is 1. The largest absolute Gasteiger partial charge is 0.313 e. The first-order chi connectivity index (χ1) is 6.33. The van der Waals surface area contributed by atoms with Gasteiger partial charge < -0.3 is 5.32 Å². The summed E-state index contributed by atoms with van der Waals surface area (Å²) in [7, 11) is 0. The average molecular weight is 222 g/mol. The van der Waals surface area contributed by atoms with Gasteiger partial charge in [0.25, 0.3) is 0 Å². The fraction of sp³-hybridized carbons (Fsp3) is 1.00. The van der Waals surface area contributed by atoms with Crippen LogP contribution in [0.1, 0.15) is 32.6 Å². The number of hydrogen-bond acceptors (Lipinski definition) is 2. The molecule has 1 N–H and O–H groups in total. The Morgan fingerprint density at radius 2 is 2.00 bits per heavy atom. The lowest BCUT2D eigenvalue weighted by molar-refractivity contribution is 0.385. The highest BCUT2D eigenvalue weighted by Crippen LogP contribution is 2.22. The van der Waals surface area contributed by atoms with Gasteiger partial charge in [-0.25, -0.2) is 0 Å². The molecular weight excluding hydrogens is 202 g/mol. The van der Waals surface area contributed by atoms with Crippen molar-refractivity contribution in [3.63, 3.8) is 0 Å². The second kappa shape index (κ2) is 6.97. The zero-order valence-corrected chi connectivity index (χ0v) is 9.96. The molecule has 1 aliphatic carbocycles. The molecule has 0 unspecified atom stereocenters. The van der Waals surface area contributed by atoms with Crippen LogP contribution in [0, 0.1) is 0 Å². The van der Waals surface area contributed by atoms with Gasteiger partial charge >= 0.3 is 0 Å². The molecule has 1 nitrogen and oxygen atoms in total. The van der Waals surface area contributed by atoms with Gasteiger partial charge in [-0.2, -0.15) is 11.8 Å². The fourth-order valence-corrected chi connectivity index (χ4v) is 2.54. The Morgan fingerprint density at radius 1 is 1.31 bits per heavy atom. The van der Waals surface area contributed by atoms with Crippen molar-refractivity contribution in [3.8, 4) is 0 Å². The Labute approximate surface area is 91.0 Å².